The molecule has 1 unspecified atom stereocenters. The van der Waals surface area contributed by atoms with Crippen LogP contribution in [0.3, 0.4) is 0 Å². The van der Waals surface area contributed by atoms with Crippen LogP contribution in [0.25, 0.3) is 0 Å². The van der Waals surface area contributed by atoms with Crippen molar-refractivity contribution in [2.75, 3.05) is 26.7 Å². The smallest absolute Gasteiger partial charge is 0.335 e. The topological polar surface area (TPSA) is 134 Å². The van der Waals surface area contributed by atoms with Gasteiger partial charge in [0.1, 0.15) is 0 Å². The molecule has 2 N–H and O–H groups in total. The van der Waals surface area contributed by atoms with E-state index in [1.54, 1.807) is 56.3 Å². The first-order chi connectivity index (χ1) is 18.5. The summed E-state index contributed by atoms with van der Waals surface area (Å²) in [5.41, 5.74) is 7.95. The van der Waals surface area contributed by atoms with E-state index in [0.29, 0.717) is 29.7 Å². The molecule has 0 saturated heterocycles. The summed E-state index contributed by atoms with van der Waals surface area (Å²) < 4.78 is 34.7. The number of nitriles is 1. The molecule has 2 aliphatic heterocycles. The van der Waals surface area contributed by atoms with Crippen LogP contribution in [0.2, 0.25) is 0 Å². The number of likely N-dealkylation sites (N-methyl/N-ethyl adjacent to an activating group) is 1. The van der Waals surface area contributed by atoms with Crippen molar-refractivity contribution in [3.63, 3.8) is 0 Å². The van der Waals surface area contributed by atoms with E-state index in [2.05, 4.69) is 11.0 Å². The van der Waals surface area contributed by atoms with Gasteiger partial charge in [0.2, 0.25) is 10.0 Å². The second-order valence-electron chi connectivity index (χ2n) is 10.2. The molecular formula is C29H34N4O5S. The van der Waals surface area contributed by atoms with E-state index in [9.17, 15) is 23.3 Å². The number of carbonyl (C=O) groups excluding carboxylic acids is 2. The highest BCUT2D eigenvalue weighted by molar-refractivity contribution is 7.89. The summed E-state index contributed by atoms with van der Waals surface area (Å²) in [6.45, 7) is 4.67. The van der Waals surface area contributed by atoms with Gasteiger partial charge in [0.15, 0.2) is 11.3 Å². The van der Waals surface area contributed by atoms with E-state index in [-0.39, 0.29) is 30.9 Å². The van der Waals surface area contributed by atoms with Crippen molar-refractivity contribution >= 4 is 21.8 Å². The second kappa shape index (κ2) is 11.4. The van der Waals surface area contributed by atoms with Gasteiger partial charge < -0.3 is 15.4 Å². The number of nitrogens with two attached hydrogens (primary N) is 1. The van der Waals surface area contributed by atoms with E-state index >= 15 is 0 Å². The summed E-state index contributed by atoms with van der Waals surface area (Å²) in [6.07, 6.45) is 2.27. The van der Waals surface area contributed by atoms with Crippen LogP contribution in [0.1, 0.15) is 42.5 Å². The Labute approximate surface area is 229 Å². The van der Waals surface area contributed by atoms with Crippen LogP contribution in [0.4, 0.5) is 0 Å². The van der Waals surface area contributed by atoms with Gasteiger partial charge in [-0.1, -0.05) is 29.8 Å². The van der Waals surface area contributed by atoms with E-state index in [1.165, 1.54) is 6.07 Å². The zero-order valence-electron chi connectivity index (χ0n) is 22.5. The molecule has 0 radical (unpaired) electrons. The summed E-state index contributed by atoms with van der Waals surface area (Å²) in [5, 5.41) is 9.24. The fraction of sp³-hybridized carbons (Fsp3) is 0.414. The van der Waals surface area contributed by atoms with Crippen LogP contribution < -0.4 is 5.73 Å². The minimum atomic E-state index is -4.31. The first kappa shape index (κ1) is 28.6. The fourth-order valence-electron chi connectivity index (χ4n) is 5.38. The quantitative estimate of drug-likeness (QED) is 0.301. The van der Waals surface area contributed by atoms with Gasteiger partial charge >= 0.3 is 5.97 Å². The number of rotatable bonds is 8. The molecule has 39 heavy (non-hydrogen) atoms. The lowest BCUT2D eigenvalue weighted by atomic mass is 9.80. The van der Waals surface area contributed by atoms with Crippen LogP contribution in [-0.4, -0.2) is 67.7 Å². The Bertz CT molecular complexity index is 1460. The molecule has 0 aromatic heterocycles. The Morgan fingerprint density at radius 2 is 1.97 bits per heavy atom. The Morgan fingerprint density at radius 1 is 1.21 bits per heavy atom. The largest absolute Gasteiger partial charge is 0.464 e. The maximum Gasteiger partial charge on any atom is 0.335 e. The van der Waals surface area contributed by atoms with Crippen molar-refractivity contribution in [3.8, 4) is 6.07 Å². The SMILES string of the molecule is CCOC(=O)[C@]1(C(=O)C(N)Cc2cccc(C#N)c2)CC(C)=CCN1S(=O)(=O)c1ccc2c(c1)CCN(C)C2. The Balaban J connectivity index is 1.78. The molecule has 2 aromatic carbocycles. The average molecular weight is 551 g/mol. The lowest BCUT2D eigenvalue weighted by Gasteiger charge is -2.43. The molecule has 0 aliphatic carbocycles. The number of ether oxygens (including phenoxy) is 1. The first-order valence-corrected chi connectivity index (χ1v) is 14.4. The lowest BCUT2D eigenvalue weighted by molar-refractivity contribution is -0.160. The molecule has 0 amide bonds. The number of fused-ring (bicyclic) bond motifs is 1. The highest BCUT2D eigenvalue weighted by Gasteiger charge is 2.58. The van der Waals surface area contributed by atoms with E-state index in [4.69, 9.17) is 10.5 Å². The van der Waals surface area contributed by atoms with E-state index in [1.807, 2.05) is 7.05 Å². The van der Waals surface area contributed by atoms with E-state index in [0.717, 1.165) is 22.0 Å². The van der Waals surface area contributed by atoms with E-state index < -0.39 is 33.4 Å². The molecule has 0 fully saturated rings. The van der Waals surface area contributed by atoms with Crippen molar-refractivity contribution in [1.82, 2.24) is 9.21 Å². The number of nitrogens with zero attached hydrogens (tertiary/aromatic N) is 3. The van der Waals surface area contributed by atoms with Gasteiger partial charge in [0.05, 0.1) is 29.2 Å². The lowest BCUT2D eigenvalue weighted by Crippen LogP contribution is -2.67. The van der Waals surface area contributed by atoms with Crippen LogP contribution in [0.5, 0.6) is 0 Å². The molecule has 206 valence electrons. The summed E-state index contributed by atoms with van der Waals surface area (Å²) in [7, 11) is -2.30. The van der Waals surface area contributed by atoms with Gasteiger partial charge in [0, 0.05) is 26.1 Å². The number of carbonyl (C=O) groups is 2. The summed E-state index contributed by atoms with van der Waals surface area (Å²) in [5.74, 6) is -1.68. The number of hydrogen-bond donors (Lipinski definition) is 1. The third kappa shape index (κ3) is 5.54. The van der Waals surface area contributed by atoms with Gasteiger partial charge in [-0.25, -0.2) is 13.2 Å². The monoisotopic (exact) mass is 550 g/mol. The van der Waals surface area contributed by atoms with Crippen molar-refractivity contribution in [1.29, 1.82) is 5.26 Å². The summed E-state index contributed by atoms with van der Waals surface area (Å²) in [6, 6.07) is 12.5. The number of esters is 1. The molecule has 0 saturated carbocycles. The molecule has 2 atom stereocenters. The third-order valence-corrected chi connectivity index (χ3v) is 9.29. The molecule has 0 spiro atoms. The molecule has 10 heteroatoms. The Hall–Kier alpha value is -3.36. The van der Waals surface area contributed by atoms with Gasteiger partial charge in [-0.3, -0.25) is 4.79 Å². The normalized spacial score (nSPS) is 20.8. The molecule has 2 aromatic rings. The van der Waals surface area contributed by atoms with Crippen LogP contribution in [-0.2, 0) is 43.7 Å². The zero-order chi connectivity index (χ0) is 28.4. The predicted molar refractivity (Wildman–Crippen MR) is 146 cm³/mol. The maximum atomic E-state index is 14.2. The van der Waals surface area contributed by atoms with Crippen molar-refractivity contribution in [2.24, 2.45) is 5.73 Å². The predicted octanol–water partition coefficient (Wildman–Crippen LogP) is 2.33. The number of Topliss-reactive ketones (excluding diaryl/α,β-unsaturated/α-hetero) is 1. The van der Waals surface area contributed by atoms with Gasteiger partial charge in [-0.05, 0) is 74.7 Å². The number of hydrogen-bond acceptors (Lipinski definition) is 8. The number of sulfonamides is 1. The standard InChI is InChI=1S/C29H34N4O5S/c1-4-38-28(35)29(27(34)26(31)15-21-6-5-7-22(14-21)18-30)17-20(2)10-13-33(29)39(36,37)25-9-8-24-19-32(3)12-11-23(24)16-25/h5-10,14,16,26H,4,11-13,15,17,19,31H2,1-3H3/t26?,29-/m1/s1. The molecule has 2 heterocycles. The van der Waals surface area contributed by atoms with Gasteiger partial charge in [-0.2, -0.15) is 9.57 Å². The highest BCUT2D eigenvalue weighted by Crippen LogP contribution is 2.37. The van der Waals surface area contributed by atoms with Crippen molar-refractivity contribution in [2.45, 2.75) is 56.1 Å². The summed E-state index contributed by atoms with van der Waals surface area (Å²) in [4.78, 5) is 30.0. The van der Waals surface area contributed by atoms with Crippen LogP contribution in [0.15, 0.2) is 59.0 Å². The third-order valence-electron chi connectivity index (χ3n) is 7.40. The molecular weight excluding hydrogens is 516 g/mol. The number of benzene rings is 2. The van der Waals surface area contributed by atoms with Gasteiger partial charge in [-0.15, -0.1) is 0 Å². The molecule has 0 bridgehead atoms. The second-order valence-corrected chi connectivity index (χ2v) is 12.1. The van der Waals surface area contributed by atoms with Gasteiger partial charge in [0.25, 0.3) is 0 Å². The van der Waals surface area contributed by atoms with Crippen LogP contribution in [0, 0.1) is 11.3 Å². The first-order valence-electron chi connectivity index (χ1n) is 13.0. The Kier molecular flexibility index (Phi) is 8.37. The average Bonchev–Trinajstić information content (AvgIpc) is 2.92. The summed E-state index contributed by atoms with van der Waals surface area (Å²) >= 11 is 0. The maximum absolute atomic E-state index is 14.2. The minimum Gasteiger partial charge on any atom is -0.464 e. The Morgan fingerprint density at radius 3 is 2.69 bits per heavy atom. The fourth-order valence-corrected chi connectivity index (χ4v) is 7.07. The number of ketones is 1. The molecule has 9 nitrogen and oxygen atoms in total. The highest BCUT2D eigenvalue weighted by atomic mass is 32.2. The molecule has 2 aliphatic rings. The van der Waals surface area contributed by atoms with Crippen LogP contribution >= 0.6 is 0 Å². The minimum absolute atomic E-state index is 0.0236. The van der Waals surface area contributed by atoms with Crippen molar-refractivity contribution < 1.29 is 22.7 Å². The van der Waals surface area contributed by atoms with Crippen molar-refractivity contribution in [3.05, 3.63) is 76.4 Å². The zero-order valence-corrected chi connectivity index (χ0v) is 23.3. The molecule has 4 rings (SSSR count).